The molecule has 0 unspecified atom stereocenters. The average Bonchev–Trinajstić information content (AvgIpc) is 3.27. The van der Waals surface area contributed by atoms with Gasteiger partial charge in [-0.05, 0) is 72.5 Å². The van der Waals surface area contributed by atoms with Gasteiger partial charge in [-0.2, -0.15) is 0 Å². The van der Waals surface area contributed by atoms with Gasteiger partial charge >= 0.3 is 0 Å². The molecule has 0 saturated heterocycles. The average molecular weight is 397 g/mol. The number of aromatic nitrogens is 4. The Balaban J connectivity index is 1.37. The molecule has 0 fully saturated rings. The summed E-state index contributed by atoms with van der Waals surface area (Å²) in [7, 11) is 0. The fourth-order valence-corrected chi connectivity index (χ4v) is 3.01. The van der Waals surface area contributed by atoms with Gasteiger partial charge in [-0.1, -0.05) is 29.5 Å². The van der Waals surface area contributed by atoms with Crippen LogP contribution in [-0.2, 0) is 6.42 Å². The molecule has 2 heterocycles. The largest absolute Gasteiger partial charge is 0.396 e. The van der Waals surface area contributed by atoms with Crippen LogP contribution in [-0.4, -0.2) is 31.7 Å². The number of hydrogen-bond acceptors (Lipinski definition) is 5. The summed E-state index contributed by atoms with van der Waals surface area (Å²) < 4.78 is 1.75. The van der Waals surface area contributed by atoms with E-state index >= 15 is 0 Å². The van der Waals surface area contributed by atoms with Crippen molar-refractivity contribution < 1.29 is 5.11 Å². The minimum Gasteiger partial charge on any atom is -0.396 e. The summed E-state index contributed by atoms with van der Waals surface area (Å²) in [6.07, 6.45) is 11.1. The van der Waals surface area contributed by atoms with Crippen molar-refractivity contribution in [3.05, 3.63) is 96.1 Å². The Kier molecular flexibility index (Phi) is 6.27. The Morgan fingerprint density at radius 2 is 1.47 bits per heavy atom. The third-order valence-electron chi connectivity index (χ3n) is 4.64. The van der Waals surface area contributed by atoms with Crippen molar-refractivity contribution in [3.63, 3.8) is 0 Å². The SMILES string of the molecule is OCCCc1cn(-c2ccc(Nc3ccc(C=Cc4ccncc4)cc3)cc2)nn1. The zero-order valence-electron chi connectivity index (χ0n) is 16.5. The molecule has 2 N–H and O–H groups in total. The van der Waals surface area contributed by atoms with Crippen LogP contribution in [0.2, 0.25) is 0 Å². The minimum atomic E-state index is 0.162. The third-order valence-corrected chi connectivity index (χ3v) is 4.64. The van der Waals surface area contributed by atoms with Crippen LogP contribution in [0.4, 0.5) is 11.4 Å². The molecule has 6 heteroatoms. The van der Waals surface area contributed by atoms with Crippen LogP contribution in [0.15, 0.2) is 79.3 Å². The van der Waals surface area contributed by atoms with Crippen molar-refractivity contribution in [1.29, 1.82) is 0 Å². The number of aliphatic hydroxyl groups is 1. The molecule has 4 rings (SSSR count). The number of nitrogens with one attached hydrogen (secondary N) is 1. The van der Waals surface area contributed by atoms with E-state index in [-0.39, 0.29) is 6.61 Å². The summed E-state index contributed by atoms with van der Waals surface area (Å²) in [6, 6.07) is 20.3. The molecule has 0 radical (unpaired) electrons. The van der Waals surface area contributed by atoms with E-state index in [4.69, 9.17) is 5.11 Å². The standard InChI is InChI=1S/C24H23N5O/c30-17-1-2-23-18-29(28-27-23)24-11-9-22(10-12-24)26-21-7-5-19(6-8-21)3-4-20-13-15-25-16-14-20/h3-16,18,26,30H,1-2,17H2. The Morgan fingerprint density at radius 3 is 2.13 bits per heavy atom. The molecule has 0 spiro atoms. The summed E-state index contributed by atoms with van der Waals surface area (Å²) >= 11 is 0. The zero-order chi connectivity index (χ0) is 20.6. The van der Waals surface area contributed by atoms with E-state index in [0.717, 1.165) is 40.3 Å². The van der Waals surface area contributed by atoms with E-state index in [0.29, 0.717) is 6.42 Å². The molecule has 0 aliphatic carbocycles. The molecule has 4 aromatic rings. The first kappa shape index (κ1) is 19.5. The van der Waals surface area contributed by atoms with E-state index < -0.39 is 0 Å². The van der Waals surface area contributed by atoms with Crippen LogP contribution < -0.4 is 5.32 Å². The number of aryl methyl sites for hydroxylation is 1. The third kappa shape index (κ3) is 5.18. The second-order valence-corrected chi connectivity index (χ2v) is 6.89. The van der Waals surface area contributed by atoms with Crippen molar-refractivity contribution in [3.8, 4) is 5.69 Å². The second kappa shape index (κ2) is 9.62. The van der Waals surface area contributed by atoms with Crippen molar-refractivity contribution in [2.75, 3.05) is 11.9 Å². The normalized spacial score (nSPS) is 11.1. The monoisotopic (exact) mass is 397 g/mol. The number of pyridine rings is 1. The predicted molar refractivity (Wildman–Crippen MR) is 120 cm³/mol. The maximum absolute atomic E-state index is 8.92. The van der Waals surface area contributed by atoms with E-state index in [1.807, 2.05) is 42.6 Å². The molecule has 0 bridgehead atoms. The van der Waals surface area contributed by atoms with Crippen LogP contribution in [0, 0.1) is 0 Å². The van der Waals surface area contributed by atoms with Gasteiger partial charge in [0.1, 0.15) is 0 Å². The topological polar surface area (TPSA) is 75.9 Å². The Hall–Kier alpha value is -3.77. The summed E-state index contributed by atoms with van der Waals surface area (Å²) in [6.45, 7) is 0.162. The van der Waals surface area contributed by atoms with E-state index in [1.54, 1.807) is 17.1 Å². The highest BCUT2D eigenvalue weighted by Crippen LogP contribution is 2.20. The Bertz CT molecular complexity index is 1090. The van der Waals surface area contributed by atoms with E-state index in [9.17, 15) is 0 Å². The smallest absolute Gasteiger partial charge is 0.0832 e. The van der Waals surface area contributed by atoms with Gasteiger partial charge in [0.2, 0.25) is 0 Å². The van der Waals surface area contributed by atoms with Crippen LogP contribution in [0.3, 0.4) is 0 Å². The van der Waals surface area contributed by atoms with Gasteiger partial charge in [-0.15, -0.1) is 5.10 Å². The van der Waals surface area contributed by atoms with Crippen LogP contribution in [0.5, 0.6) is 0 Å². The van der Waals surface area contributed by atoms with Crippen molar-refractivity contribution in [1.82, 2.24) is 20.0 Å². The van der Waals surface area contributed by atoms with Gasteiger partial charge in [0.25, 0.3) is 0 Å². The molecule has 0 atom stereocenters. The summed E-state index contributed by atoms with van der Waals surface area (Å²) in [5.41, 5.74) is 6.11. The van der Waals surface area contributed by atoms with Gasteiger partial charge in [-0.25, -0.2) is 4.68 Å². The number of benzene rings is 2. The lowest BCUT2D eigenvalue weighted by Crippen LogP contribution is -1.96. The van der Waals surface area contributed by atoms with E-state index in [1.165, 1.54) is 0 Å². The lowest BCUT2D eigenvalue weighted by Gasteiger charge is -2.08. The fraction of sp³-hybridized carbons (Fsp3) is 0.125. The minimum absolute atomic E-state index is 0.162. The summed E-state index contributed by atoms with van der Waals surface area (Å²) in [5.74, 6) is 0. The molecule has 0 amide bonds. The Morgan fingerprint density at radius 1 is 0.833 bits per heavy atom. The van der Waals surface area contributed by atoms with E-state index in [2.05, 4.69) is 57.0 Å². The summed E-state index contributed by atoms with van der Waals surface area (Å²) in [5, 5.41) is 20.6. The van der Waals surface area contributed by atoms with Crippen LogP contribution in [0.1, 0.15) is 23.2 Å². The van der Waals surface area contributed by atoms with Crippen LogP contribution in [0.25, 0.3) is 17.8 Å². The maximum Gasteiger partial charge on any atom is 0.0832 e. The molecule has 2 aromatic heterocycles. The lowest BCUT2D eigenvalue weighted by atomic mass is 10.1. The zero-order valence-corrected chi connectivity index (χ0v) is 16.5. The fourth-order valence-electron chi connectivity index (χ4n) is 3.01. The molecular weight excluding hydrogens is 374 g/mol. The summed E-state index contributed by atoms with van der Waals surface area (Å²) in [4.78, 5) is 4.03. The number of nitrogens with zero attached hydrogens (tertiary/aromatic N) is 4. The lowest BCUT2D eigenvalue weighted by molar-refractivity contribution is 0.288. The number of anilines is 2. The highest BCUT2D eigenvalue weighted by atomic mass is 16.2. The molecule has 0 aliphatic rings. The molecule has 6 nitrogen and oxygen atoms in total. The van der Waals surface area contributed by atoms with Gasteiger partial charge in [0.05, 0.1) is 17.6 Å². The van der Waals surface area contributed by atoms with Gasteiger partial charge in [-0.3, -0.25) is 4.98 Å². The Labute approximate surface area is 175 Å². The number of hydrogen-bond donors (Lipinski definition) is 2. The maximum atomic E-state index is 8.92. The highest BCUT2D eigenvalue weighted by molar-refractivity contribution is 5.71. The first-order valence-corrected chi connectivity index (χ1v) is 9.88. The quantitative estimate of drug-likeness (QED) is 0.458. The second-order valence-electron chi connectivity index (χ2n) is 6.89. The predicted octanol–water partition coefficient (Wildman–Crippen LogP) is 4.50. The van der Waals surface area contributed by atoms with Crippen LogP contribution >= 0.6 is 0 Å². The first-order valence-electron chi connectivity index (χ1n) is 9.88. The van der Waals surface area contributed by atoms with Crippen molar-refractivity contribution >= 4 is 23.5 Å². The molecule has 0 aliphatic heterocycles. The van der Waals surface area contributed by atoms with Gasteiger partial charge in [0.15, 0.2) is 0 Å². The molecule has 2 aromatic carbocycles. The number of aliphatic hydroxyl groups excluding tert-OH is 1. The molecule has 0 saturated carbocycles. The van der Waals surface area contributed by atoms with Crippen molar-refractivity contribution in [2.24, 2.45) is 0 Å². The van der Waals surface area contributed by atoms with Crippen molar-refractivity contribution in [2.45, 2.75) is 12.8 Å². The molecule has 30 heavy (non-hydrogen) atoms. The first-order chi connectivity index (χ1) is 14.8. The van der Waals surface area contributed by atoms with Gasteiger partial charge in [0, 0.05) is 30.4 Å². The molecular formula is C24H23N5O. The van der Waals surface area contributed by atoms with Gasteiger partial charge < -0.3 is 10.4 Å². The highest BCUT2D eigenvalue weighted by Gasteiger charge is 2.03. The molecule has 150 valence electrons. The number of rotatable bonds is 8.